The summed E-state index contributed by atoms with van der Waals surface area (Å²) in [5, 5.41) is 16.3. The summed E-state index contributed by atoms with van der Waals surface area (Å²) in [5.41, 5.74) is 0.138. The quantitative estimate of drug-likeness (QED) is 0.602. The molecule has 0 spiro atoms. The van der Waals surface area contributed by atoms with Crippen LogP contribution in [-0.2, 0) is 0 Å². The van der Waals surface area contributed by atoms with Crippen LogP contribution in [0.3, 0.4) is 0 Å². The number of amides is 2. The van der Waals surface area contributed by atoms with Crippen LogP contribution in [0.1, 0.15) is 0 Å². The predicted molar refractivity (Wildman–Crippen MR) is 93.3 cm³/mol. The Morgan fingerprint density at radius 2 is 1.80 bits per heavy atom. The lowest BCUT2D eigenvalue weighted by Gasteiger charge is -2.09. The molecular formula is C17H17FN6O. The van der Waals surface area contributed by atoms with E-state index in [1.165, 1.54) is 12.1 Å². The maximum atomic E-state index is 13.4. The van der Waals surface area contributed by atoms with Crippen molar-refractivity contribution in [1.82, 2.24) is 20.1 Å². The molecule has 8 heteroatoms. The topological polar surface area (TPSA) is 83.9 Å². The monoisotopic (exact) mass is 340 g/mol. The van der Waals surface area contributed by atoms with Crippen LogP contribution in [0.25, 0.3) is 5.82 Å². The van der Waals surface area contributed by atoms with E-state index in [9.17, 15) is 9.18 Å². The number of aromatic nitrogens is 3. The molecule has 0 fully saturated rings. The maximum absolute atomic E-state index is 13.4. The Morgan fingerprint density at radius 3 is 2.52 bits per heavy atom. The molecule has 25 heavy (non-hydrogen) atoms. The van der Waals surface area contributed by atoms with Crippen molar-refractivity contribution in [3.05, 3.63) is 66.7 Å². The number of rotatable bonds is 6. The van der Waals surface area contributed by atoms with Crippen molar-refractivity contribution < 1.29 is 9.18 Å². The third kappa shape index (κ3) is 4.54. The first-order chi connectivity index (χ1) is 12.2. The minimum atomic E-state index is -0.478. The van der Waals surface area contributed by atoms with E-state index in [-0.39, 0.29) is 5.69 Å². The first-order valence-electron chi connectivity index (χ1n) is 7.73. The smallest absolute Gasteiger partial charge is 0.319 e. The van der Waals surface area contributed by atoms with Crippen molar-refractivity contribution in [3.63, 3.8) is 0 Å². The molecular weight excluding hydrogens is 323 g/mol. The Kier molecular flexibility index (Phi) is 5.20. The van der Waals surface area contributed by atoms with Crippen LogP contribution in [0.5, 0.6) is 0 Å². The van der Waals surface area contributed by atoms with Crippen molar-refractivity contribution >= 4 is 17.5 Å². The van der Waals surface area contributed by atoms with Gasteiger partial charge in [-0.25, -0.2) is 9.18 Å². The van der Waals surface area contributed by atoms with Crippen molar-refractivity contribution in [3.8, 4) is 5.82 Å². The van der Waals surface area contributed by atoms with Crippen LogP contribution >= 0.6 is 0 Å². The number of anilines is 2. The molecule has 0 aliphatic rings. The second-order valence-electron chi connectivity index (χ2n) is 5.15. The first kappa shape index (κ1) is 16.4. The summed E-state index contributed by atoms with van der Waals surface area (Å²) in [7, 11) is 0. The summed E-state index contributed by atoms with van der Waals surface area (Å²) in [4.78, 5) is 11.7. The van der Waals surface area contributed by atoms with Crippen LogP contribution in [0.15, 0.2) is 60.9 Å². The van der Waals surface area contributed by atoms with E-state index < -0.39 is 11.8 Å². The molecule has 7 nitrogen and oxygen atoms in total. The lowest BCUT2D eigenvalue weighted by molar-refractivity contribution is 0.252. The van der Waals surface area contributed by atoms with Gasteiger partial charge in [0.25, 0.3) is 0 Å². The fourth-order valence-corrected chi connectivity index (χ4v) is 2.14. The molecule has 128 valence electrons. The van der Waals surface area contributed by atoms with Crippen LogP contribution < -0.4 is 16.0 Å². The van der Waals surface area contributed by atoms with Crippen LogP contribution in [0, 0.1) is 5.82 Å². The largest absolute Gasteiger partial charge is 0.367 e. The highest BCUT2D eigenvalue weighted by atomic mass is 19.1. The summed E-state index contributed by atoms with van der Waals surface area (Å²) < 4.78 is 15.3. The SMILES string of the molecule is O=C(NCCNc1ccc(-n2cccc2)nn1)Nc1ccccc1F. The number of para-hydroxylation sites is 1. The van der Waals surface area contributed by atoms with Crippen LogP contribution in [-0.4, -0.2) is 33.9 Å². The molecule has 0 saturated carbocycles. The Morgan fingerprint density at radius 1 is 1.00 bits per heavy atom. The molecule has 0 aliphatic heterocycles. The van der Waals surface area contributed by atoms with Gasteiger partial charge in [0.05, 0.1) is 5.69 Å². The molecule has 2 amide bonds. The summed E-state index contributed by atoms with van der Waals surface area (Å²) in [6.45, 7) is 0.809. The van der Waals surface area contributed by atoms with Crippen molar-refractivity contribution in [2.75, 3.05) is 23.7 Å². The molecule has 2 heterocycles. The fraction of sp³-hybridized carbons (Fsp3) is 0.118. The highest BCUT2D eigenvalue weighted by molar-refractivity contribution is 5.89. The zero-order valence-electron chi connectivity index (χ0n) is 13.3. The standard InChI is InChI=1S/C17H17FN6O/c18-13-5-1-2-6-14(13)21-17(25)20-10-9-19-15-7-8-16(23-22-15)24-11-3-4-12-24/h1-8,11-12H,9-10H2,(H,19,22)(H2,20,21,25). The lowest BCUT2D eigenvalue weighted by atomic mass is 10.3. The minimum Gasteiger partial charge on any atom is -0.367 e. The third-order valence-electron chi connectivity index (χ3n) is 3.36. The minimum absolute atomic E-state index is 0.138. The molecule has 0 aliphatic carbocycles. The van der Waals surface area contributed by atoms with E-state index in [0.29, 0.717) is 18.9 Å². The van der Waals surface area contributed by atoms with Gasteiger partial charge >= 0.3 is 6.03 Å². The number of nitrogens with zero attached hydrogens (tertiary/aromatic N) is 3. The molecule has 0 atom stereocenters. The molecule has 3 aromatic rings. The normalized spacial score (nSPS) is 10.3. The molecule has 2 aromatic heterocycles. The number of benzene rings is 1. The van der Waals surface area contributed by atoms with Gasteiger partial charge in [0, 0.05) is 25.5 Å². The van der Waals surface area contributed by atoms with E-state index >= 15 is 0 Å². The van der Waals surface area contributed by atoms with Gasteiger partial charge in [-0.1, -0.05) is 12.1 Å². The second-order valence-corrected chi connectivity index (χ2v) is 5.15. The molecule has 0 radical (unpaired) electrons. The predicted octanol–water partition coefficient (Wildman–Crippen LogP) is 2.64. The highest BCUT2D eigenvalue weighted by Gasteiger charge is 2.05. The number of carbonyl (C=O) groups excluding carboxylic acids is 1. The Balaban J connectivity index is 1.41. The van der Waals surface area contributed by atoms with Crippen molar-refractivity contribution in [2.24, 2.45) is 0 Å². The number of urea groups is 1. The van der Waals surface area contributed by atoms with Gasteiger partial charge in [-0.3, -0.25) is 0 Å². The fourth-order valence-electron chi connectivity index (χ4n) is 2.14. The second kappa shape index (κ2) is 7.91. The van der Waals surface area contributed by atoms with Crippen LogP contribution in [0.4, 0.5) is 20.7 Å². The molecule has 0 bridgehead atoms. The van der Waals surface area contributed by atoms with E-state index in [1.807, 2.05) is 41.2 Å². The van der Waals surface area contributed by atoms with Gasteiger partial charge < -0.3 is 20.5 Å². The zero-order valence-corrected chi connectivity index (χ0v) is 13.3. The third-order valence-corrected chi connectivity index (χ3v) is 3.36. The van der Waals surface area contributed by atoms with E-state index in [4.69, 9.17) is 0 Å². The molecule has 0 unspecified atom stereocenters. The molecule has 0 saturated heterocycles. The lowest BCUT2D eigenvalue weighted by Crippen LogP contribution is -2.33. The number of hydrogen-bond donors (Lipinski definition) is 3. The molecule has 3 rings (SSSR count). The van der Waals surface area contributed by atoms with Gasteiger partial charge in [-0.05, 0) is 36.4 Å². The number of hydrogen-bond acceptors (Lipinski definition) is 4. The van der Waals surface area contributed by atoms with Gasteiger partial charge in [0.2, 0.25) is 0 Å². The van der Waals surface area contributed by atoms with Crippen LogP contribution in [0.2, 0.25) is 0 Å². The van der Waals surface area contributed by atoms with E-state index in [1.54, 1.807) is 12.1 Å². The highest BCUT2D eigenvalue weighted by Crippen LogP contribution is 2.11. The Labute approximate surface area is 143 Å². The van der Waals surface area contributed by atoms with Crippen molar-refractivity contribution in [2.45, 2.75) is 0 Å². The molecule has 1 aromatic carbocycles. The van der Waals surface area contributed by atoms with Gasteiger partial charge in [0.1, 0.15) is 11.6 Å². The number of halogens is 1. The summed E-state index contributed by atoms with van der Waals surface area (Å²) in [6.07, 6.45) is 3.77. The summed E-state index contributed by atoms with van der Waals surface area (Å²) >= 11 is 0. The van der Waals surface area contributed by atoms with Gasteiger partial charge in [0.15, 0.2) is 5.82 Å². The molecule has 3 N–H and O–H groups in total. The number of carbonyl (C=O) groups is 1. The van der Waals surface area contributed by atoms with Crippen molar-refractivity contribution in [1.29, 1.82) is 0 Å². The zero-order chi connectivity index (χ0) is 17.5. The Hall–Kier alpha value is -3.42. The summed E-state index contributed by atoms with van der Waals surface area (Å²) in [5.74, 6) is 0.846. The summed E-state index contributed by atoms with van der Waals surface area (Å²) in [6, 6.07) is 13.0. The average molecular weight is 340 g/mol. The Bertz CT molecular complexity index is 819. The van der Waals surface area contributed by atoms with E-state index in [2.05, 4.69) is 26.1 Å². The maximum Gasteiger partial charge on any atom is 0.319 e. The van der Waals surface area contributed by atoms with Gasteiger partial charge in [-0.15, -0.1) is 10.2 Å². The van der Waals surface area contributed by atoms with E-state index in [0.717, 1.165) is 5.82 Å². The number of nitrogens with one attached hydrogen (secondary N) is 3. The average Bonchev–Trinajstić information content (AvgIpc) is 3.16. The first-order valence-corrected chi connectivity index (χ1v) is 7.73. The van der Waals surface area contributed by atoms with Gasteiger partial charge in [-0.2, -0.15) is 0 Å².